The third-order valence-electron chi connectivity index (χ3n) is 8.06. The molecule has 0 aliphatic rings. The minimum absolute atomic E-state index is 1.13. The van der Waals surface area contributed by atoms with Crippen LogP contribution < -0.4 is 9.80 Å². The fourth-order valence-electron chi connectivity index (χ4n) is 6.12. The molecular weight excluding hydrogens is 508 g/mol. The summed E-state index contributed by atoms with van der Waals surface area (Å²) in [5.74, 6) is 0. The topological polar surface area (TPSA) is 6.48 Å². The minimum atomic E-state index is 1.13. The molecule has 0 bridgehead atoms. The Hall–Kier alpha value is -5.34. The quantitative estimate of drug-likeness (QED) is 0.153. The van der Waals surface area contributed by atoms with E-state index >= 15 is 0 Å². The van der Waals surface area contributed by atoms with Crippen LogP contribution in [0.4, 0.5) is 34.1 Å². The molecule has 0 fully saturated rings. The Morgan fingerprint density at radius 2 is 0.595 bits per heavy atom. The zero-order chi connectivity index (χ0) is 28.5. The zero-order valence-corrected chi connectivity index (χ0v) is 23.9. The van der Waals surface area contributed by atoms with E-state index in [4.69, 9.17) is 0 Å². The van der Waals surface area contributed by atoms with Gasteiger partial charge in [0.15, 0.2) is 0 Å². The molecule has 2 nitrogen and oxygen atoms in total. The van der Waals surface area contributed by atoms with Crippen molar-refractivity contribution in [2.45, 2.75) is 13.8 Å². The van der Waals surface area contributed by atoms with Gasteiger partial charge in [-0.15, -0.1) is 0 Å². The van der Waals surface area contributed by atoms with Crippen molar-refractivity contribution in [3.8, 4) is 0 Å². The van der Waals surface area contributed by atoms with Crippen molar-refractivity contribution in [1.29, 1.82) is 0 Å². The van der Waals surface area contributed by atoms with Crippen molar-refractivity contribution in [3.63, 3.8) is 0 Å². The first kappa shape index (κ1) is 25.6. The van der Waals surface area contributed by atoms with E-state index in [2.05, 4.69) is 181 Å². The first-order chi connectivity index (χ1) is 20.7. The standard InChI is InChI=1S/C40H32N2/c1-29-17-9-15-27-37(29)41(31-19-5-3-6-20-31)39-33-23-11-13-25-35(33)40(36-26-14-12-24-34(36)39)42(32-21-7-4-8-22-32)38-28-16-10-18-30(38)2/h3-28H,1-2H3. The molecule has 7 aromatic carbocycles. The average molecular weight is 541 g/mol. The molecule has 0 aromatic heterocycles. The van der Waals surface area contributed by atoms with Gasteiger partial charge in [-0.25, -0.2) is 0 Å². The highest BCUT2D eigenvalue weighted by atomic mass is 15.2. The molecule has 2 heteroatoms. The van der Waals surface area contributed by atoms with E-state index < -0.39 is 0 Å². The van der Waals surface area contributed by atoms with Crippen molar-refractivity contribution in [1.82, 2.24) is 0 Å². The van der Waals surface area contributed by atoms with Gasteiger partial charge in [-0.1, -0.05) is 121 Å². The van der Waals surface area contributed by atoms with Crippen molar-refractivity contribution < 1.29 is 0 Å². The number of aryl methyl sites for hydroxylation is 2. The molecule has 0 saturated carbocycles. The predicted molar refractivity (Wildman–Crippen MR) is 180 cm³/mol. The summed E-state index contributed by atoms with van der Waals surface area (Å²) in [5, 5.41) is 4.81. The largest absolute Gasteiger partial charge is 0.309 e. The summed E-state index contributed by atoms with van der Waals surface area (Å²) in [6.45, 7) is 4.39. The highest BCUT2D eigenvalue weighted by Gasteiger charge is 2.25. The smallest absolute Gasteiger partial charge is 0.0620 e. The number of anilines is 6. The van der Waals surface area contributed by atoms with Gasteiger partial charge >= 0.3 is 0 Å². The molecule has 0 amide bonds. The van der Waals surface area contributed by atoms with Crippen LogP contribution in [0.15, 0.2) is 158 Å². The Bertz CT molecular complexity index is 1810. The van der Waals surface area contributed by atoms with Gasteiger partial charge in [-0.2, -0.15) is 0 Å². The monoisotopic (exact) mass is 540 g/mol. The van der Waals surface area contributed by atoms with Gasteiger partial charge in [0.25, 0.3) is 0 Å². The van der Waals surface area contributed by atoms with Crippen LogP contribution >= 0.6 is 0 Å². The van der Waals surface area contributed by atoms with Gasteiger partial charge in [0.05, 0.1) is 11.4 Å². The van der Waals surface area contributed by atoms with Crippen LogP contribution in [0, 0.1) is 13.8 Å². The SMILES string of the molecule is Cc1ccccc1N(c1ccccc1)c1c2ccccc2c(N(c2ccccc2)c2ccccc2C)c2ccccc12. The molecule has 0 aliphatic carbocycles. The Morgan fingerprint density at radius 3 is 0.929 bits per heavy atom. The van der Waals surface area contributed by atoms with E-state index in [9.17, 15) is 0 Å². The molecule has 0 saturated heterocycles. The van der Waals surface area contributed by atoms with Crippen LogP contribution in [0.2, 0.25) is 0 Å². The van der Waals surface area contributed by atoms with Gasteiger partial charge in [0, 0.05) is 44.3 Å². The lowest BCUT2D eigenvalue weighted by molar-refractivity contribution is 1.26. The van der Waals surface area contributed by atoms with Gasteiger partial charge in [-0.3, -0.25) is 0 Å². The van der Waals surface area contributed by atoms with Crippen molar-refractivity contribution in [2.75, 3.05) is 9.80 Å². The molecule has 0 heterocycles. The maximum Gasteiger partial charge on any atom is 0.0620 e. The predicted octanol–water partition coefficient (Wildman–Crippen LogP) is 11.5. The van der Waals surface area contributed by atoms with E-state index in [1.54, 1.807) is 0 Å². The summed E-state index contributed by atoms with van der Waals surface area (Å²) in [5.41, 5.74) is 9.43. The van der Waals surface area contributed by atoms with Gasteiger partial charge < -0.3 is 9.80 Å². The molecule has 0 atom stereocenters. The normalized spacial score (nSPS) is 11.1. The lowest BCUT2D eigenvalue weighted by Gasteiger charge is -2.33. The summed E-state index contributed by atoms with van der Waals surface area (Å²) in [6.07, 6.45) is 0. The van der Waals surface area contributed by atoms with Gasteiger partial charge in [0.2, 0.25) is 0 Å². The van der Waals surface area contributed by atoms with E-state index in [-0.39, 0.29) is 0 Å². The second-order valence-corrected chi connectivity index (χ2v) is 10.7. The number of fused-ring (bicyclic) bond motifs is 2. The van der Waals surface area contributed by atoms with Crippen molar-refractivity contribution in [3.05, 3.63) is 169 Å². The van der Waals surface area contributed by atoms with Crippen LogP contribution in [-0.2, 0) is 0 Å². The summed E-state index contributed by atoms with van der Waals surface area (Å²) in [6, 6.07) is 56.5. The van der Waals surface area contributed by atoms with Gasteiger partial charge in [0.1, 0.15) is 0 Å². The lowest BCUT2D eigenvalue weighted by atomic mass is 9.95. The number of hydrogen-bond donors (Lipinski definition) is 0. The molecule has 7 aromatic rings. The number of nitrogens with zero attached hydrogens (tertiary/aromatic N) is 2. The maximum atomic E-state index is 2.43. The molecule has 42 heavy (non-hydrogen) atoms. The molecule has 7 rings (SSSR count). The van der Waals surface area contributed by atoms with Crippen molar-refractivity contribution in [2.24, 2.45) is 0 Å². The zero-order valence-electron chi connectivity index (χ0n) is 23.9. The number of hydrogen-bond acceptors (Lipinski definition) is 2. The fraction of sp³-hybridized carbons (Fsp3) is 0.0500. The highest BCUT2D eigenvalue weighted by Crippen LogP contribution is 2.51. The molecule has 0 unspecified atom stereocenters. The molecule has 0 aliphatic heterocycles. The lowest BCUT2D eigenvalue weighted by Crippen LogP contribution is -2.15. The number of benzene rings is 7. The Kier molecular flexibility index (Phi) is 6.65. The molecule has 0 radical (unpaired) electrons. The van der Waals surface area contributed by atoms with E-state index in [0.29, 0.717) is 0 Å². The van der Waals surface area contributed by atoms with Crippen LogP contribution in [0.25, 0.3) is 21.5 Å². The average Bonchev–Trinajstić information content (AvgIpc) is 3.05. The van der Waals surface area contributed by atoms with Crippen molar-refractivity contribution >= 4 is 55.7 Å². The Balaban J connectivity index is 1.64. The minimum Gasteiger partial charge on any atom is -0.309 e. The molecular formula is C40H32N2. The third-order valence-corrected chi connectivity index (χ3v) is 8.06. The van der Waals surface area contributed by atoms with Crippen LogP contribution in [0.5, 0.6) is 0 Å². The summed E-state index contributed by atoms with van der Waals surface area (Å²) in [7, 11) is 0. The molecule has 0 N–H and O–H groups in total. The highest BCUT2D eigenvalue weighted by molar-refractivity contribution is 6.23. The fourth-order valence-corrected chi connectivity index (χ4v) is 6.12. The van der Waals surface area contributed by atoms with E-state index in [1.165, 1.54) is 55.4 Å². The van der Waals surface area contributed by atoms with Gasteiger partial charge in [-0.05, 0) is 61.4 Å². The number of rotatable bonds is 6. The molecule has 202 valence electrons. The summed E-state index contributed by atoms with van der Waals surface area (Å²) in [4.78, 5) is 4.87. The second kappa shape index (κ2) is 10.9. The summed E-state index contributed by atoms with van der Waals surface area (Å²) >= 11 is 0. The first-order valence-electron chi connectivity index (χ1n) is 14.5. The number of para-hydroxylation sites is 4. The second-order valence-electron chi connectivity index (χ2n) is 10.7. The summed E-state index contributed by atoms with van der Waals surface area (Å²) < 4.78 is 0. The van der Waals surface area contributed by atoms with Crippen LogP contribution in [0.3, 0.4) is 0 Å². The van der Waals surface area contributed by atoms with Crippen LogP contribution in [-0.4, -0.2) is 0 Å². The van der Waals surface area contributed by atoms with E-state index in [1.807, 2.05) is 0 Å². The first-order valence-corrected chi connectivity index (χ1v) is 14.5. The third kappa shape index (κ3) is 4.38. The Labute approximate surface area is 247 Å². The van der Waals surface area contributed by atoms with Crippen LogP contribution in [0.1, 0.15) is 11.1 Å². The van der Waals surface area contributed by atoms with E-state index in [0.717, 1.165) is 11.4 Å². The molecule has 0 spiro atoms. The maximum absolute atomic E-state index is 2.43. The Morgan fingerprint density at radius 1 is 0.310 bits per heavy atom.